The molecule has 0 radical (unpaired) electrons. The lowest BCUT2D eigenvalue weighted by Gasteiger charge is -2.13. The molecule has 0 bridgehead atoms. The molecule has 1 aromatic rings. The second-order valence-corrected chi connectivity index (χ2v) is 5.11. The summed E-state index contributed by atoms with van der Waals surface area (Å²) in [6, 6.07) is 6.58. The molecular weight excluding hydrogens is 260 g/mol. The van der Waals surface area contributed by atoms with E-state index >= 15 is 0 Å². The summed E-state index contributed by atoms with van der Waals surface area (Å²) in [7, 11) is 0. The van der Waals surface area contributed by atoms with Gasteiger partial charge in [0.15, 0.2) is 0 Å². The van der Waals surface area contributed by atoms with Crippen LogP contribution in [0, 0.1) is 0 Å². The number of ether oxygens (including phenoxy) is 1. The molecule has 114 valence electrons. The monoisotopic (exact) mass is 285 g/mol. The highest BCUT2D eigenvalue weighted by atomic mass is 19.3. The highest BCUT2D eigenvalue weighted by molar-refractivity contribution is 5.30. The Labute approximate surface area is 120 Å². The standard InChI is InChI=1S/C16H25F2NO/c1-2-3-4-5-6-7-11-15(19)13-9-8-10-14(12-13)20-16(17)18/h8-10,12,15-16H,2-7,11,19H2,1H3. The second-order valence-electron chi connectivity index (χ2n) is 5.11. The number of halogens is 2. The van der Waals surface area contributed by atoms with Crippen molar-refractivity contribution in [3.8, 4) is 5.75 Å². The van der Waals surface area contributed by atoms with E-state index in [2.05, 4.69) is 11.7 Å². The Morgan fingerprint density at radius 1 is 1.10 bits per heavy atom. The topological polar surface area (TPSA) is 35.2 Å². The average molecular weight is 285 g/mol. The van der Waals surface area contributed by atoms with Gasteiger partial charge in [-0.2, -0.15) is 8.78 Å². The van der Waals surface area contributed by atoms with Crippen molar-refractivity contribution in [1.29, 1.82) is 0 Å². The largest absolute Gasteiger partial charge is 0.435 e. The van der Waals surface area contributed by atoms with Crippen LogP contribution in [0.4, 0.5) is 8.78 Å². The van der Waals surface area contributed by atoms with Crippen LogP contribution in [-0.2, 0) is 0 Å². The van der Waals surface area contributed by atoms with Gasteiger partial charge in [-0.05, 0) is 24.1 Å². The zero-order valence-electron chi connectivity index (χ0n) is 12.2. The van der Waals surface area contributed by atoms with Gasteiger partial charge in [-0.15, -0.1) is 0 Å². The van der Waals surface area contributed by atoms with Gasteiger partial charge in [-0.25, -0.2) is 0 Å². The Balaban J connectivity index is 2.33. The first-order valence-corrected chi connectivity index (χ1v) is 7.43. The van der Waals surface area contributed by atoms with Gasteiger partial charge in [0.2, 0.25) is 0 Å². The smallest absolute Gasteiger partial charge is 0.387 e. The molecule has 1 aromatic carbocycles. The van der Waals surface area contributed by atoms with Crippen LogP contribution in [0.15, 0.2) is 24.3 Å². The van der Waals surface area contributed by atoms with E-state index in [0.717, 1.165) is 18.4 Å². The molecule has 0 heterocycles. The van der Waals surface area contributed by atoms with E-state index < -0.39 is 6.61 Å². The molecule has 1 atom stereocenters. The van der Waals surface area contributed by atoms with Crippen LogP contribution in [0.25, 0.3) is 0 Å². The summed E-state index contributed by atoms with van der Waals surface area (Å²) in [6.07, 6.45) is 8.20. The molecule has 0 aromatic heterocycles. The van der Waals surface area contributed by atoms with Crippen LogP contribution in [0.2, 0.25) is 0 Å². The van der Waals surface area contributed by atoms with E-state index in [1.807, 2.05) is 6.07 Å². The van der Waals surface area contributed by atoms with Crippen LogP contribution < -0.4 is 10.5 Å². The zero-order valence-corrected chi connectivity index (χ0v) is 12.2. The van der Waals surface area contributed by atoms with Gasteiger partial charge < -0.3 is 10.5 Å². The number of nitrogens with two attached hydrogens (primary N) is 1. The third-order valence-corrected chi connectivity index (χ3v) is 3.38. The first kappa shape index (κ1) is 16.9. The fraction of sp³-hybridized carbons (Fsp3) is 0.625. The first-order valence-electron chi connectivity index (χ1n) is 7.43. The third kappa shape index (κ3) is 6.85. The Morgan fingerprint density at radius 3 is 2.50 bits per heavy atom. The molecule has 0 fully saturated rings. The maximum Gasteiger partial charge on any atom is 0.387 e. The van der Waals surface area contributed by atoms with Gasteiger partial charge in [0, 0.05) is 6.04 Å². The maximum absolute atomic E-state index is 12.2. The molecule has 0 saturated carbocycles. The minimum absolute atomic E-state index is 0.109. The van der Waals surface area contributed by atoms with Gasteiger partial charge in [0.1, 0.15) is 5.75 Å². The van der Waals surface area contributed by atoms with Gasteiger partial charge in [0.05, 0.1) is 0 Å². The molecule has 0 aliphatic carbocycles. The molecule has 0 spiro atoms. The van der Waals surface area contributed by atoms with Crippen LogP contribution in [-0.4, -0.2) is 6.61 Å². The van der Waals surface area contributed by atoms with Crippen LogP contribution in [0.3, 0.4) is 0 Å². The van der Waals surface area contributed by atoms with Crippen LogP contribution in [0.5, 0.6) is 5.75 Å². The summed E-state index contributed by atoms with van der Waals surface area (Å²) in [6.45, 7) is -0.593. The first-order chi connectivity index (χ1) is 9.63. The molecule has 0 aliphatic rings. The Hall–Kier alpha value is -1.16. The van der Waals surface area contributed by atoms with E-state index in [1.165, 1.54) is 38.2 Å². The number of rotatable bonds is 10. The highest BCUT2D eigenvalue weighted by Gasteiger charge is 2.09. The van der Waals surface area contributed by atoms with Crippen molar-refractivity contribution < 1.29 is 13.5 Å². The summed E-state index contributed by atoms with van der Waals surface area (Å²) < 4.78 is 28.7. The number of hydrogen-bond acceptors (Lipinski definition) is 2. The van der Waals surface area contributed by atoms with Crippen molar-refractivity contribution in [3.05, 3.63) is 29.8 Å². The zero-order chi connectivity index (χ0) is 14.8. The normalized spacial score (nSPS) is 12.7. The van der Waals surface area contributed by atoms with Crippen molar-refractivity contribution in [2.75, 3.05) is 0 Å². The third-order valence-electron chi connectivity index (χ3n) is 3.38. The fourth-order valence-corrected chi connectivity index (χ4v) is 2.23. The summed E-state index contributed by atoms with van der Waals surface area (Å²) in [5, 5.41) is 0. The van der Waals surface area contributed by atoms with Crippen LogP contribution in [0.1, 0.15) is 63.5 Å². The summed E-state index contributed by atoms with van der Waals surface area (Å²) in [5.41, 5.74) is 6.95. The van der Waals surface area contributed by atoms with E-state index in [4.69, 9.17) is 5.73 Å². The second kappa shape index (κ2) is 9.70. The summed E-state index contributed by atoms with van der Waals surface area (Å²) >= 11 is 0. The van der Waals surface area contributed by atoms with Crippen molar-refractivity contribution in [2.24, 2.45) is 5.73 Å². The predicted octanol–water partition coefficient (Wildman–Crippen LogP) is 5.04. The molecule has 2 N–H and O–H groups in total. The molecule has 4 heteroatoms. The minimum Gasteiger partial charge on any atom is -0.435 e. The molecule has 0 aliphatic heterocycles. The number of hydrogen-bond donors (Lipinski definition) is 1. The van der Waals surface area contributed by atoms with Crippen molar-refractivity contribution in [3.63, 3.8) is 0 Å². The lowest BCUT2D eigenvalue weighted by Crippen LogP contribution is -2.10. The predicted molar refractivity (Wildman–Crippen MR) is 78.0 cm³/mol. The van der Waals surface area contributed by atoms with Gasteiger partial charge >= 0.3 is 6.61 Å². The van der Waals surface area contributed by atoms with Gasteiger partial charge in [-0.3, -0.25) is 0 Å². The van der Waals surface area contributed by atoms with Gasteiger partial charge in [0.25, 0.3) is 0 Å². The molecule has 1 unspecified atom stereocenters. The lowest BCUT2D eigenvalue weighted by atomic mass is 10.0. The molecule has 0 amide bonds. The number of benzene rings is 1. The van der Waals surface area contributed by atoms with Crippen LogP contribution >= 0.6 is 0 Å². The van der Waals surface area contributed by atoms with E-state index in [-0.39, 0.29) is 11.8 Å². The molecule has 2 nitrogen and oxygen atoms in total. The Kier molecular flexibility index (Phi) is 8.19. The molecule has 0 saturated heterocycles. The van der Waals surface area contributed by atoms with E-state index in [0.29, 0.717) is 0 Å². The Morgan fingerprint density at radius 2 is 1.80 bits per heavy atom. The quantitative estimate of drug-likeness (QED) is 0.611. The SMILES string of the molecule is CCCCCCCCC(N)c1cccc(OC(F)F)c1. The average Bonchev–Trinajstić information content (AvgIpc) is 2.42. The lowest BCUT2D eigenvalue weighted by molar-refractivity contribution is -0.0499. The molecule has 20 heavy (non-hydrogen) atoms. The van der Waals surface area contributed by atoms with E-state index in [1.54, 1.807) is 12.1 Å². The number of unbranched alkanes of at least 4 members (excludes halogenated alkanes) is 5. The summed E-state index contributed by atoms with van der Waals surface area (Å²) in [4.78, 5) is 0. The molecule has 1 rings (SSSR count). The molecular formula is C16H25F2NO. The van der Waals surface area contributed by atoms with E-state index in [9.17, 15) is 8.78 Å². The fourth-order valence-electron chi connectivity index (χ4n) is 2.23. The highest BCUT2D eigenvalue weighted by Crippen LogP contribution is 2.23. The Bertz CT molecular complexity index is 371. The minimum atomic E-state index is -2.79. The maximum atomic E-state index is 12.2. The number of alkyl halides is 2. The van der Waals surface area contributed by atoms with Crippen molar-refractivity contribution in [2.45, 2.75) is 64.5 Å². The van der Waals surface area contributed by atoms with Gasteiger partial charge in [-0.1, -0.05) is 57.6 Å². The van der Waals surface area contributed by atoms with Crippen molar-refractivity contribution in [1.82, 2.24) is 0 Å². The summed E-state index contributed by atoms with van der Waals surface area (Å²) in [5.74, 6) is 0.177. The van der Waals surface area contributed by atoms with Crippen molar-refractivity contribution >= 4 is 0 Å².